The van der Waals surface area contributed by atoms with Crippen LogP contribution < -0.4 is 9.80 Å². The second-order valence-electron chi connectivity index (χ2n) is 9.56. The van der Waals surface area contributed by atoms with E-state index in [0.29, 0.717) is 0 Å². The Kier molecular flexibility index (Phi) is 6.43. The zero-order valence-corrected chi connectivity index (χ0v) is 20.2. The molecule has 0 atom stereocenters. The van der Waals surface area contributed by atoms with E-state index >= 15 is 0 Å². The number of ether oxygens (including phenoxy) is 1. The van der Waals surface area contributed by atoms with Crippen molar-refractivity contribution in [3.63, 3.8) is 0 Å². The largest absolute Gasteiger partial charge is 0.458 e. The van der Waals surface area contributed by atoms with Crippen molar-refractivity contribution in [1.82, 2.24) is 4.90 Å². The van der Waals surface area contributed by atoms with Crippen molar-refractivity contribution in [1.29, 1.82) is 0 Å². The summed E-state index contributed by atoms with van der Waals surface area (Å²) >= 11 is 0. The van der Waals surface area contributed by atoms with Crippen LogP contribution in [0.2, 0.25) is 0 Å². The van der Waals surface area contributed by atoms with E-state index in [-0.39, 0.29) is 0 Å². The molecule has 6 rings (SSSR count). The van der Waals surface area contributed by atoms with E-state index in [2.05, 4.69) is 93.6 Å². The standard InChI is InChI=1S/C30H33N3O2/c1-3-7-24(8-4-1)22-29-30(33-15-13-32(14-16-33)26-9-5-2-6-10-26)27-21-25(11-12-28(27)35-29)23-31-17-19-34-20-18-31/h1-12,21H,13-20,22-23H2. The summed E-state index contributed by atoms with van der Waals surface area (Å²) in [6, 6.07) is 28.2. The third kappa shape index (κ3) is 4.93. The number of benzene rings is 3. The SMILES string of the molecule is c1ccc(Cc2oc3ccc(CN4CCOCC4)cc3c2N2CCN(c3ccccc3)CC2)cc1. The van der Waals surface area contributed by atoms with Crippen LogP contribution in [-0.4, -0.2) is 57.4 Å². The quantitative estimate of drug-likeness (QED) is 0.390. The Morgan fingerprint density at radius 2 is 1.34 bits per heavy atom. The van der Waals surface area contributed by atoms with Crippen LogP contribution in [0.15, 0.2) is 83.3 Å². The number of rotatable bonds is 6. The first-order valence-electron chi connectivity index (χ1n) is 12.8. The number of hydrogen-bond donors (Lipinski definition) is 0. The van der Waals surface area contributed by atoms with Gasteiger partial charge < -0.3 is 19.0 Å². The average Bonchev–Trinajstić information content (AvgIpc) is 3.27. The summed E-state index contributed by atoms with van der Waals surface area (Å²) < 4.78 is 12.1. The average molecular weight is 468 g/mol. The van der Waals surface area contributed by atoms with Crippen LogP contribution in [0.5, 0.6) is 0 Å². The lowest BCUT2D eigenvalue weighted by molar-refractivity contribution is 0.0342. The Morgan fingerprint density at radius 1 is 0.657 bits per heavy atom. The molecule has 0 unspecified atom stereocenters. The monoisotopic (exact) mass is 467 g/mol. The second kappa shape index (κ2) is 10.1. The molecular weight excluding hydrogens is 434 g/mol. The molecule has 0 spiro atoms. The number of piperazine rings is 1. The number of anilines is 2. The molecule has 4 aromatic rings. The molecule has 5 heteroatoms. The number of morpholine rings is 1. The summed E-state index contributed by atoms with van der Waals surface area (Å²) in [7, 11) is 0. The molecule has 1 aromatic heterocycles. The van der Waals surface area contributed by atoms with Crippen molar-refractivity contribution in [2.75, 3.05) is 62.3 Å². The molecule has 2 aliphatic heterocycles. The zero-order chi connectivity index (χ0) is 23.5. The second-order valence-corrected chi connectivity index (χ2v) is 9.56. The van der Waals surface area contributed by atoms with Gasteiger partial charge in [-0.3, -0.25) is 4.90 Å². The Bertz CT molecular complexity index is 1240. The van der Waals surface area contributed by atoms with Crippen molar-refractivity contribution >= 4 is 22.3 Å². The third-order valence-electron chi connectivity index (χ3n) is 7.23. The molecule has 0 bridgehead atoms. The van der Waals surface area contributed by atoms with Crippen LogP contribution in [0.3, 0.4) is 0 Å². The van der Waals surface area contributed by atoms with Gasteiger partial charge in [0.1, 0.15) is 11.3 Å². The first-order valence-corrected chi connectivity index (χ1v) is 12.8. The van der Waals surface area contributed by atoms with Gasteiger partial charge in [-0.2, -0.15) is 0 Å². The highest BCUT2D eigenvalue weighted by Crippen LogP contribution is 2.37. The zero-order valence-electron chi connectivity index (χ0n) is 20.2. The Labute approximate surface area is 207 Å². The van der Waals surface area contributed by atoms with Crippen LogP contribution in [0.25, 0.3) is 11.0 Å². The fraction of sp³-hybridized carbons (Fsp3) is 0.333. The Hall–Kier alpha value is -3.28. The van der Waals surface area contributed by atoms with E-state index in [1.807, 2.05) is 0 Å². The Balaban J connectivity index is 1.31. The van der Waals surface area contributed by atoms with E-state index in [1.165, 1.54) is 27.9 Å². The lowest BCUT2D eigenvalue weighted by Crippen LogP contribution is -2.46. The molecule has 180 valence electrons. The molecule has 0 aliphatic carbocycles. The molecule has 0 saturated carbocycles. The maximum Gasteiger partial charge on any atom is 0.136 e. The number of hydrogen-bond acceptors (Lipinski definition) is 5. The van der Waals surface area contributed by atoms with Crippen LogP contribution in [-0.2, 0) is 17.7 Å². The van der Waals surface area contributed by atoms with Crippen molar-refractivity contribution < 1.29 is 9.15 Å². The van der Waals surface area contributed by atoms with Gasteiger partial charge in [0.25, 0.3) is 0 Å². The number of fused-ring (bicyclic) bond motifs is 1. The molecule has 3 aromatic carbocycles. The molecular formula is C30H33N3O2. The summed E-state index contributed by atoms with van der Waals surface area (Å²) in [6.45, 7) is 8.59. The summed E-state index contributed by atoms with van der Waals surface area (Å²) in [5.74, 6) is 1.07. The van der Waals surface area contributed by atoms with Crippen LogP contribution in [0.4, 0.5) is 11.4 Å². The predicted octanol–water partition coefficient (Wildman–Crippen LogP) is 5.18. The van der Waals surface area contributed by atoms with E-state index < -0.39 is 0 Å². The van der Waals surface area contributed by atoms with Gasteiger partial charge in [0, 0.05) is 63.3 Å². The number of nitrogens with zero attached hydrogens (tertiary/aromatic N) is 3. The van der Waals surface area contributed by atoms with Crippen molar-refractivity contribution in [2.45, 2.75) is 13.0 Å². The normalized spacial score (nSPS) is 17.3. The minimum absolute atomic E-state index is 0.808. The highest BCUT2D eigenvalue weighted by Gasteiger charge is 2.25. The summed E-state index contributed by atoms with van der Waals surface area (Å²) in [4.78, 5) is 7.51. The van der Waals surface area contributed by atoms with Gasteiger partial charge >= 0.3 is 0 Å². The summed E-state index contributed by atoms with van der Waals surface area (Å²) in [6.07, 6.45) is 0.808. The predicted molar refractivity (Wildman–Crippen MR) is 142 cm³/mol. The van der Waals surface area contributed by atoms with Crippen molar-refractivity contribution in [2.24, 2.45) is 0 Å². The summed E-state index contributed by atoms with van der Waals surface area (Å²) in [5.41, 5.74) is 6.20. The number of para-hydroxylation sites is 1. The first kappa shape index (κ1) is 22.2. The molecule has 0 N–H and O–H groups in total. The minimum Gasteiger partial charge on any atom is -0.458 e. The van der Waals surface area contributed by atoms with E-state index in [0.717, 1.165) is 76.8 Å². The highest BCUT2D eigenvalue weighted by molar-refractivity contribution is 5.93. The van der Waals surface area contributed by atoms with Gasteiger partial charge in [-0.15, -0.1) is 0 Å². The lowest BCUT2D eigenvalue weighted by atomic mass is 10.1. The lowest BCUT2D eigenvalue weighted by Gasteiger charge is -2.37. The van der Waals surface area contributed by atoms with Gasteiger partial charge in [0.2, 0.25) is 0 Å². The van der Waals surface area contributed by atoms with Crippen molar-refractivity contribution in [3.05, 3.63) is 95.7 Å². The maximum absolute atomic E-state index is 6.52. The molecule has 2 aliphatic rings. The van der Waals surface area contributed by atoms with E-state index in [1.54, 1.807) is 0 Å². The fourth-order valence-corrected chi connectivity index (χ4v) is 5.37. The van der Waals surface area contributed by atoms with Gasteiger partial charge in [-0.05, 0) is 35.4 Å². The van der Waals surface area contributed by atoms with Gasteiger partial charge in [0.15, 0.2) is 0 Å². The van der Waals surface area contributed by atoms with Crippen LogP contribution in [0, 0.1) is 0 Å². The third-order valence-corrected chi connectivity index (χ3v) is 7.23. The fourth-order valence-electron chi connectivity index (χ4n) is 5.37. The molecule has 3 heterocycles. The molecule has 35 heavy (non-hydrogen) atoms. The minimum atomic E-state index is 0.808. The van der Waals surface area contributed by atoms with Gasteiger partial charge in [-0.1, -0.05) is 54.6 Å². The highest BCUT2D eigenvalue weighted by atomic mass is 16.5. The topological polar surface area (TPSA) is 32.1 Å². The van der Waals surface area contributed by atoms with Crippen LogP contribution in [0.1, 0.15) is 16.9 Å². The molecule has 2 saturated heterocycles. The molecule has 0 amide bonds. The van der Waals surface area contributed by atoms with E-state index in [9.17, 15) is 0 Å². The molecule has 5 nitrogen and oxygen atoms in total. The van der Waals surface area contributed by atoms with Crippen molar-refractivity contribution in [3.8, 4) is 0 Å². The molecule has 0 radical (unpaired) electrons. The smallest absolute Gasteiger partial charge is 0.136 e. The molecule has 2 fully saturated rings. The number of furan rings is 1. The van der Waals surface area contributed by atoms with Gasteiger partial charge in [-0.25, -0.2) is 0 Å². The van der Waals surface area contributed by atoms with E-state index in [4.69, 9.17) is 9.15 Å². The first-order chi connectivity index (χ1) is 17.3. The maximum atomic E-state index is 6.52. The van der Waals surface area contributed by atoms with Gasteiger partial charge in [0.05, 0.1) is 18.9 Å². The van der Waals surface area contributed by atoms with Crippen LogP contribution >= 0.6 is 0 Å². The summed E-state index contributed by atoms with van der Waals surface area (Å²) in [5, 5.41) is 1.25. The Morgan fingerprint density at radius 3 is 2.09 bits per heavy atom.